The molecule has 5 rings (SSSR count). The molecule has 4 aromatic rings. The van der Waals surface area contributed by atoms with Gasteiger partial charge in [0, 0.05) is 28.1 Å². The van der Waals surface area contributed by atoms with Gasteiger partial charge in [-0.3, -0.25) is 4.79 Å². The predicted molar refractivity (Wildman–Crippen MR) is 141 cm³/mol. The molecule has 0 atom stereocenters. The number of ether oxygens (including phenoxy) is 4. The summed E-state index contributed by atoms with van der Waals surface area (Å²) in [4.78, 5) is 12.5. The lowest BCUT2D eigenvalue weighted by Gasteiger charge is -2.36. The highest BCUT2D eigenvalue weighted by molar-refractivity contribution is 5.99. The van der Waals surface area contributed by atoms with E-state index in [4.69, 9.17) is 18.9 Å². The van der Waals surface area contributed by atoms with E-state index in [9.17, 15) is 4.79 Å². The van der Waals surface area contributed by atoms with E-state index in [-0.39, 0.29) is 11.9 Å². The largest absolute Gasteiger partial charge is 0.497 e. The monoisotopic (exact) mass is 480 g/mol. The van der Waals surface area contributed by atoms with E-state index >= 15 is 0 Å². The number of fused-ring (bicyclic) bond motifs is 3. The maximum Gasteiger partial charge on any atom is 0.313 e. The van der Waals surface area contributed by atoms with Gasteiger partial charge >= 0.3 is 5.97 Å². The fourth-order valence-corrected chi connectivity index (χ4v) is 4.47. The summed E-state index contributed by atoms with van der Waals surface area (Å²) in [5.41, 5.74) is 1.90. The Hall–Kier alpha value is -4.25. The van der Waals surface area contributed by atoms with Crippen LogP contribution in [0.3, 0.4) is 0 Å². The van der Waals surface area contributed by atoms with Crippen molar-refractivity contribution in [2.45, 2.75) is 19.4 Å². The third-order valence-corrected chi connectivity index (χ3v) is 6.49. The maximum absolute atomic E-state index is 12.5. The zero-order valence-corrected chi connectivity index (χ0v) is 20.8. The first kappa shape index (κ1) is 23.5. The lowest BCUT2D eigenvalue weighted by atomic mass is 9.83. The number of carbonyl (C=O) groups excluding carboxylic acids is 1. The minimum atomic E-state index is -0.909. The molecule has 5 nitrogen and oxygen atoms in total. The van der Waals surface area contributed by atoms with E-state index in [0.717, 1.165) is 39.0 Å². The summed E-state index contributed by atoms with van der Waals surface area (Å²) in [6, 6.07) is 25.4. The Morgan fingerprint density at radius 2 is 1.36 bits per heavy atom. The maximum atomic E-state index is 12.5. The Labute approximate surface area is 210 Å². The van der Waals surface area contributed by atoms with Gasteiger partial charge in [0.15, 0.2) is 5.60 Å². The van der Waals surface area contributed by atoms with Crippen LogP contribution in [0, 0.1) is 5.92 Å². The molecular weight excluding hydrogens is 452 g/mol. The van der Waals surface area contributed by atoms with Gasteiger partial charge in [-0.05, 0) is 41.8 Å². The van der Waals surface area contributed by atoms with Gasteiger partial charge in [-0.2, -0.15) is 0 Å². The zero-order valence-electron chi connectivity index (χ0n) is 20.8. The van der Waals surface area contributed by atoms with E-state index in [1.165, 1.54) is 0 Å². The van der Waals surface area contributed by atoms with Gasteiger partial charge in [-0.25, -0.2) is 0 Å². The van der Waals surface area contributed by atoms with E-state index in [0.29, 0.717) is 11.5 Å². The fraction of sp³-hybridized carbons (Fsp3) is 0.194. The van der Waals surface area contributed by atoms with Crippen molar-refractivity contribution in [1.29, 1.82) is 0 Å². The molecule has 0 saturated heterocycles. The molecule has 0 saturated carbocycles. The Morgan fingerprint density at radius 1 is 0.806 bits per heavy atom. The smallest absolute Gasteiger partial charge is 0.313 e. The van der Waals surface area contributed by atoms with Crippen molar-refractivity contribution in [3.05, 3.63) is 102 Å². The van der Waals surface area contributed by atoms with Crippen molar-refractivity contribution in [1.82, 2.24) is 0 Å². The van der Waals surface area contributed by atoms with E-state index < -0.39 is 5.60 Å². The van der Waals surface area contributed by atoms with Crippen molar-refractivity contribution < 1.29 is 23.7 Å². The molecule has 1 aliphatic heterocycles. The molecule has 5 heteroatoms. The van der Waals surface area contributed by atoms with Crippen molar-refractivity contribution in [2.75, 3.05) is 14.2 Å². The van der Waals surface area contributed by atoms with E-state index in [1.807, 2.05) is 92.7 Å². The molecule has 0 aromatic heterocycles. The number of methoxy groups -OCH3 is 2. The number of rotatable bonds is 6. The third kappa shape index (κ3) is 4.07. The summed E-state index contributed by atoms with van der Waals surface area (Å²) in [6.45, 7) is 3.64. The molecule has 182 valence electrons. The number of carbonyl (C=O) groups is 1. The Bertz CT molecular complexity index is 1390. The molecule has 0 bridgehead atoms. The second-order valence-corrected chi connectivity index (χ2v) is 9.04. The molecule has 0 radical (unpaired) electrons. The SMILES string of the molecule is COc1ccc(C2(c3ccc(OC)cc3)C=Cc3c(cc(OC(=O)C(C)C)c4ccccc34)O2)cc1. The number of hydrogen-bond acceptors (Lipinski definition) is 5. The standard InChI is InChI=1S/C31H28O5/c1-20(2)30(32)35-28-19-29-27(25-7-5-6-8-26(25)28)17-18-31(36-29,21-9-13-23(33-3)14-10-21)22-11-15-24(34-4)16-12-22/h5-20H,1-4H3. The van der Waals surface area contributed by atoms with Crippen LogP contribution in [0.4, 0.5) is 0 Å². The first-order valence-electron chi connectivity index (χ1n) is 11.9. The van der Waals surface area contributed by atoms with Crippen LogP contribution in [0.1, 0.15) is 30.5 Å². The van der Waals surface area contributed by atoms with Crippen LogP contribution < -0.4 is 18.9 Å². The summed E-state index contributed by atoms with van der Waals surface area (Å²) < 4.78 is 23.4. The minimum Gasteiger partial charge on any atom is -0.497 e. The van der Waals surface area contributed by atoms with Crippen LogP contribution in [0.25, 0.3) is 16.8 Å². The lowest BCUT2D eigenvalue weighted by Crippen LogP contribution is -2.34. The molecule has 36 heavy (non-hydrogen) atoms. The van der Waals surface area contributed by atoms with Crippen LogP contribution in [0.5, 0.6) is 23.0 Å². The van der Waals surface area contributed by atoms with E-state index in [2.05, 4.69) is 12.2 Å². The number of benzene rings is 4. The first-order valence-corrected chi connectivity index (χ1v) is 11.9. The van der Waals surface area contributed by atoms with Gasteiger partial charge in [0.05, 0.1) is 20.1 Å². The van der Waals surface area contributed by atoms with Crippen molar-refractivity contribution in [3.63, 3.8) is 0 Å². The van der Waals surface area contributed by atoms with Crippen LogP contribution >= 0.6 is 0 Å². The van der Waals surface area contributed by atoms with Gasteiger partial charge < -0.3 is 18.9 Å². The topological polar surface area (TPSA) is 54.0 Å². The van der Waals surface area contributed by atoms with Crippen LogP contribution in [-0.4, -0.2) is 20.2 Å². The predicted octanol–water partition coefficient (Wildman–Crippen LogP) is 6.77. The van der Waals surface area contributed by atoms with Crippen molar-refractivity contribution >= 4 is 22.8 Å². The Balaban J connectivity index is 1.69. The average Bonchev–Trinajstić information content (AvgIpc) is 2.92. The molecule has 0 N–H and O–H groups in total. The van der Waals surface area contributed by atoms with Crippen molar-refractivity contribution in [2.24, 2.45) is 5.92 Å². The summed E-state index contributed by atoms with van der Waals surface area (Å²) in [6.07, 6.45) is 4.16. The van der Waals surface area contributed by atoms with Crippen molar-refractivity contribution in [3.8, 4) is 23.0 Å². The summed E-state index contributed by atoms with van der Waals surface area (Å²) >= 11 is 0. The molecular formula is C31H28O5. The third-order valence-electron chi connectivity index (χ3n) is 6.49. The van der Waals surface area contributed by atoms with Gasteiger partial charge in [0.1, 0.15) is 23.0 Å². The average molecular weight is 481 g/mol. The molecule has 0 aliphatic carbocycles. The van der Waals surface area contributed by atoms with Gasteiger partial charge in [-0.1, -0.05) is 62.4 Å². The Kier molecular flexibility index (Phi) is 6.15. The van der Waals surface area contributed by atoms with Gasteiger partial charge in [0.25, 0.3) is 0 Å². The van der Waals surface area contributed by atoms with Crippen LogP contribution in [0.2, 0.25) is 0 Å². The zero-order chi connectivity index (χ0) is 25.3. The molecule has 4 aromatic carbocycles. The highest BCUT2D eigenvalue weighted by Gasteiger charge is 2.38. The number of esters is 1. The minimum absolute atomic E-state index is 0.252. The normalized spacial score (nSPS) is 13.7. The molecule has 0 spiro atoms. The first-order chi connectivity index (χ1) is 17.4. The second kappa shape index (κ2) is 9.42. The van der Waals surface area contributed by atoms with E-state index in [1.54, 1.807) is 14.2 Å². The van der Waals surface area contributed by atoms with Crippen LogP contribution in [-0.2, 0) is 10.4 Å². The molecule has 1 heterocycles. The quantitative estimate of drug-likeness (QED) is 0.225. The lowest BCUT2D eigenvalue weighted by molar-refractivity contribution is -0.137. The fourth-order valence-electron chi connectivity index (χ4n) is 4.47. The van der Waals surface area contributed by atoms with Gasteiger partial charge in [-0.15, -0.1) is 0 Å². The number of hydrogen-bond donors (Lipinski definition) is 0. The second-order valence-electron chi connectivity index (χ2n) is 9.04. The van der Waals surface area contributed by atoms with Crippen LogP contribution in [0.15, 0.2) is 84.9 Å². The molecule has 0 fully saturated rings. The summed E-state index contributed by atoms with van der Waals surface area (Å²) in [5.74, 6) is 2.10. The molecule has 0 amide bonds. The van der Waals surface area contributed by atoms with Gasteiger partial charge in [0.2, 0.25) is 0 Å². The molecule has 0 unspecified atom stereocenters. The highest BCUT2D eigenvalue weighted by Crippen LogP contribution is 2.47. The Morgan fingerprint density at radius 3 is 1.89 bits per heavy atom. The highest BCUT2D eigenvalue weighted by atomic mass is 16.5. The summed E-state index contributed by atoms with van der Waals surface area (Å²) in [7, 11) is 3.29. The summed E-state index contributed by atoms with van der Waals surface area (Å²) in [5, 5.41) is 1.82. The molecule has 1 aliphatic rings.